The first-order valence-corrected chi connectivity index (χ1v) is 7.97. The van der Waals surface area contributed by atoms with E-state index in [1.54, 1.807) is 0 Å². The number of carbonyl (C=O) groups excluding carboxylic acids is 1. The van der Waals surface area contributed by atoms with Crippen LogP contribution in [0.25, 0.3) is 0 Å². The summed E-state index contributed by atoms with van der Waals surface area (Å²) in [6, 6.07) is 6.17. The van der Waals surface area contributed by atoms with E-state index in [-0.39, 0.29) is 12.1 Å². The van der Waals surface area contributed by atoms with Crippen LogP contribution in [-0.2, 0) is 4.74 Å². The van der Waals surface area contributed by atoms with Crippen molar-refractivity contribution in [2.24, 2.45) is 5.92 Å². The Labute approximate surface area is 133 Å². The Hall–Kier alpha value is -1.62. The second kappa shape index (κ2) is 7.09. The van der Waals surface area contributed by atoms with E-state index in [0.29, 0.717) is 5.92 Å². The molecule has 1 saturated heterocycles. The molecule has 0 aliphatic carbocycles. The number of pyridine rings is 1. The SMILES string of the molecule is C[C@H](NC[C@H]1CCN(C(=O)OC(C)(C)C)C1)c1ccccn1. The molecule has 2 heterocycles. The molecule has 1 aliphatic heterocycles. The first kappa shape index (κ1) is 16.7. The van der Waals surface area contributed by atoms with Crippen LogP contribution in [0.4, 0.5) is 4.79 Å². The van der Waals surface area contributed by atoms with Gasteiger partial charge in [0.15, 0.2) is 0 Å². The summed E-state index contributed by atoms with van der Waals surface area (Å²) in [6.45, 7) is 10.2. The van der Waals surface area contributed by atoms with Crippen molar-refractivity contribution in [3.05, 3.63) is 30.1 Å². The molecule has 2 rings (SSSR count). The Morgan fingerprint density at radius 3 is 2.91 bits per heavy atom. The molecule has 2 atom stereocenters. The van der Waals surface area contributed by atoms with Crippen LogP contribution >= 0.6 is 0 Å². The summed E-state index contributed by atoms with van der Waals surface area (Å²) in [5.41, 5.74) is 0.616. The van der Waals surface area contributed by atoms with Crippen molar-refractivity contribution in [1.29, 1.82) is 0 Å². The third-order valence-electron chi connectivity index (χ3n) is 3.78. The third-order valence-corrected chi connectivity index (χ3v) is 3.78. The zero-order valence-electron chi connectivity index (χ0n) is 14.0. The van der Waals surface area contributed by atoms with Crippen LogP contribution in [0.15, 0.2) is 24.4 Å². The maximum atomic E-state index is 12.0. The second-order valence-corrected chi connectivity index (χ2v) is 6.97. The minimum Gasteiger partial charge on any atom is -0.444 e. The number of hydrogen-bond acceptors (Lipinski definition) is 4. The molecule has 122 valence electrons. The highest BCUT2D eigenvalue weighted by Crippen LogP contribution is 2.20. The Morgan fingerprint density at radius 1 is 1.50 bits per heavy atom. The van der Waals surface area contributed by atoms with Crippen LogP contribution in [0.1, 0.15) is 45.9 Å². The van der Waals surface area contributed by atoms with Crippen molar-refractivity contribution >= 4 is 6.09 Å². The van der Waals surface area contributed by atoms with Crippen LogP contribution in [0, 0.1) is 5.92 Å². The van der Waals surface area contributed by atoms with Gasteiger partial charge >= 0.3 is 6.09 Å². The van der Waals surface area contributed by atoms with Gasteiger partial charge < -0.3 is 15.0 Å². The molecule has 0 aromatic carbocycles. The molecule has 0 bridgehead atoms. The molecule has 22 heavy (non-hydrogen) atoms. The van der Waals surface area contributed by atoms with Gasteiger partial charge in [0.1, 0.15) is 5.60 Å². The number of amides is 1. The van der Waals surface area contributed by atoms with E-state index in [2.05, 4.69) is 17.2 Å². The molecule has 1 aromatic heterocycles. The van der Waals surface area contributed by atoms with Gasteiger partial charge in [0, 0.05) is 31.9 Å². The van der Waals surface area contributed by atoms with Crippen molar-refractivity contribution < 1.29 is 9.53 Å². The van der Waals surface area contributed by atoms with Crippen molar-refractivity contribution in [2.45, 2.75) is 45.8 Å². The standard InChI is InChI=1S/C17H27N3O2/c1-13(15-7-5-6-9-18-15)19-11-14-8-10-20(12-14)16(21)22-17(2,3)4/h5-7,9,13-14,19H,8,10-12H2,1-4H3/t13-,14+/m0/s1. The van der Waals surface area contributed by atoms with Gasteiger partial charge in [-0.15, -0.1) is 0 Å². The highest BCUT2D eigenvalue weighted by atomic mass is 16.6. The summed E-state index contributed by atoms with van der Waals surface area (Å²) in [4.78, 5) is 18.2. The normalized spacial score (nSPS) is 20.0. The Balaban J connectivity index is 1.76. The van der Waals surface area contributed by atoms with Gasteiger partial charge in [-0.3, -0.25) is 4.98 Å². The number of carbonyl (C=O) groups is 1. The number of likely N-dealkylation sites (tertiary alicyclic amines) is 1. The van der Waals surface area contributed by atoms with Crippen LogP contribution in [0.2, 0.25) is 0 Å². The fraction of sp³-hybridized carbons (Fsp3) is 0.647. The number of ether oxygens (including phenoxy) is 1. The Bertz CT molecular complexity index is 484. The molecule has 0 unspecified atom stereocenters. The summed E-state index contributed by atoms with van der Waals surface area (Å²) in [5, 5.41) is 3.51. The topological polar surface area (TPSA) is 54.5 Å². The zero-order chi connectivity index (χ0) is 16.2. The lowest BCUT2D eigenvalue weighted by molar-refractivity contribution is 0.0288. The minimum absolute atomic E-state index is 0.201. The fourth-order valence-electron chi connectivity index (χ4n) is 2.57. The zero-order valence-corrected chi connectivity index (χ0v) is 14.0. The first-order valence-electron chi connectivity index (χ1n) is 7.97. The van der Waals surface area contributed by atoms with E-state index >= 15 is 0 Å². The number of nitrogens with zero attached hydrogens (tertiary/aromatic N) is 2. The Morgan fingerprint density at radius 2 is 2.27 bits per heavy atom. The molecule has 0 radical (unpaired) electrons. The smallest absolute Gasteiger partial charge is 0.410 e. The maximum Gasteiger partial charge on any atom is 0.410 e. The predicted octanol–water partition coefficient (Wildman–Crippen LogP) is 2.99. The van der Waals surface area contributed by atoms with Crippen molar-refractivity contribution in [3.63, 3.8) is 0 Å². The number of rotatable bonds is 4. The molecule has 1 aliphatic rings. The lowest BCUT2D eigenvalue weighted by Gasteiger charge is -2.24. The fourth-order valence-corrected chi connectivity index (χ4v) is 2.57. The van der Waals surface area contributed by atoms with Gasteiger partial charge in [-0.05, 0) is 52.2 Å². The van der Waals surface area contributed by atoms with Gasteiger partial charge in [-0.25, -0.2) is 4.79 Å². The monoisotopic (exact) mass is 305 g/mol. The quantitative estimate of drug-likeness (QED) is 0.929. The predicted molar refractivity (Wildman–Crippen MR) is 86.6 cm³/mol. The molecule has 0 saturated carbocycles. The van der Waals surface area contributed by atoms with Crippen LogP contribution in [0.3, 0.4) is 0 Å². The van der Waals surface area contributed by atoms with E-state index in [0.717, 1.165) is 31.7 Å². The van der Waals surface area contributed by atoms with E-state index in [4.69, 9.17) is 4.74 Å². The highest BCUT2D eigenvalue weighted by molar-refractivity contribution is 5.68. The molecular formula is C17H27N3O2. The molecule has 1 N–H and O–H groups in total. The number of aromatic nitrogens is 1. The largest absolute Gasteiger partial charge is 0.444 e. The van der Waals surface area contributed by atoms with Crippen molar-refractivity contribution in [2.75, 3.05) is 19.6 Å². The first-order chi connectivity index (χ1) is 10.3. The summed E-state index contributed by atoms with van der Waals surface area (Å²) < 4.78 is 5.42. The molecule has 5 heteroatoms. The van der Waals surface area contributed by atoms with Gasteiger partial charge in [-0.2, -0.15) is 0 Å². The van der Waals surface area contributed by atoms with E-state index in [1.807, 2.05) is 50.1 Å². The highest BCUT2D eigenvalue weighted by Gasteiger charge is 2.29. The summed E-state index contributed by atoms with van der Waals surface area (Å²) >= 11 is 0. The molecular weight excluding hydrogens is 278 g/mol. The summed E-state index contributed by atoms with van der Waals surface area (Å²) in [7, 11) is 0. The maximum absolute atomic E-state index is 12.0. The van der Waals surface area contributed by atoms with Gasteiger partial charge in [0.25, 0.3) is 0 Å². The van der Waals surface area contributed by atoms with Gasteiger partial charge in [0.05, 0.1) is 5.69 Å². The molecule has 0 spiro atoms. The van der Waals surface area contributed by atoms with E-state index in [9.17, 15) is 4.79 Å². The molecule has 1 fully saturated rings. The average molecular weight is 305 g/mol. The molecule has 1 aromatic rings. The molecule has 1 amide bonds. The molecule has 5 nitrogen and oxygen atoms in total. The van der Waals surface area contributed by atoms with E-state index < -0.39 is 5.60 Å². The summed E-state index contributed by atoms with van der Waals surface area (Å²) in [6.07, 6.45) is 2.63. The average Bonchev–Trinajstić information content (AvgIpc) is 2.93. The lowest BCUT2D eigenvalue weighted by Crippen LogP contribution is -2.36. The van der Waals surface area contributed by atoms with Crippen LogP contribution < -0.4 is 5.32 Å². The van der Waals surface area contributed by atoms with Crippen LogP contribution in [-0.4, -0.2) is 41.2 Å². The lowest BCUT2D eigenvalue weighted by atomic mass is 10.1. The van der Waals surface area contributed by atoms with Gasteiger partial charge in [-0.1, -0.05) is 6.07 Å². The third kappa shape index (κ3) is 4.98. The van der Waals surface area contributed by atoms with Gasteiger partial charge in [0.2, 0.25) is 0 Å². The van der Waals surface area contributed by atoms with Crippen LogP contribution in [0.5, 0.6) is 0 Å². The second-order valence-electron chi connectivity index (χ2n) is 6.97. The Kier molecular flexibility index (Phi) is 5.40. The minimum atomic E-state index is -0.430. The van der Waals surface area contributed by atoms with Crippen molar-refractivity contribution in [3.8, 4) is 0 Å². The van der Waals surface area contributed by atoms with Crippen molar-refractivity contribution in [1.82, 2.24) is 15.2 Å². The summed E-state index contributed by atoms with van der Waals surface area (Å²) in [5.74, 6) is 0.471. The number of nitrogens with one attached hydrogen (secondary N) is 1. The van der Waals surface area contributed by atoms with E-state index in [1.165, 1.54) is 0 Å². The number of hydrogen-bond donors (Lipinski definition) is 1.